The molecule has 2 heterocycles. The van der Waals surface area contributed by atoms with Crippen LogP contribution in [0.4, 0.5) is 0 Å². The maximum atomic E-state index is 12.7. The number of rotatable bonds is 3. The van der Waals surface area contributed by atoms with E-state index < -0.39 is 10.0 Å². The van der Waals surface area contributed by atoms with Crippen LogP contribution in [0, 0.1) is 0 Å². The minimum Gasteiger partial charge on any atom is -0.311 e. The first-order valence-electron chi connectivity index (χ1n) is 6.96. The van der Waals surface area contributed by atoms with E-state index in [-0.39, 0.29) is 6.04 Å². The molecule has 3 rings (SSSR count). The Morgan fingerprint density at radius 3 is 2.25 bits per heavy atom. The minimum atomic E-state index is -3.39. The Labute approximate surface area is 128 Å². The molecule has 1 N–H and O–H groups in total. The van der Waals surface area contributed by atoms with Crippen molar-refractivity contribution >= 4 is 26.0 Å². The first-order chi connectivity index (χ1) is 9.46. The second-order valence-electron chi connectivity index (χ2n) is 5.74. The van der Waals surface area contributed by atoms with Crippen molar-refractivity contribution in [3.05, 3.63) is 28.7 Å². The van der Waals surface area contributed by atoms with Gasteiger partial charge in [0, 0.05) is 29.6 Å². The number of sulfonamides is 1. The Morgan fingerprint density at radius 1 is 1.15 bits per heavy atom. The van der Waals surface area contributed by atoms with Crippen LogP contribution >= 0.6 is 15.9 Å². The molecule has 0 saturated carbocycles. The fourth-order valence-electron chi connectivity index (χ4n) is 3.29. The van der Waals surface area contributed by atoms with Gasteiger partial charge in [-0.3, -0.25) is 0 Å². The smallest absolute Gasteiger partial charge is 0.243 e. The van der Waals surface area contributed by atoms with Gasteiger partial charge in [0.05, 0.1) is 4.90 Å². The molecule has 0 spiro atoms. The molecule has 1 aromatic carbocycles. The van der Waals surface area contributed by atoms with E-state index >= 15 is 0 Å². The molecular formula is C14H19BrN2O2S. The highest BCUT2D eigenvalue weighted by molar-refractivity contribution is 9.10. The largest absolute Gasteiger partial charge is 0.311 e. The Bertz CT molecular complexity index is 576. The second-order valence-corrected chi connectivity index (χ2v) is 8.65. The average molecular weight is 359 g/mol. The third-order valence-electron chi connectivity index (χ3n) is 4.45. The number of nitrogens with zero attached hydrogens (tertiary/aromatic N) is 1. The molecule has 0 amide bonds. The third kappa shape index (κ3) is 2.66. The van der Waals surface area contributed by atoms with E-state index in [2.05, 4.69) is 21.2 Å². The molecule has 6 heteroatoms. The lowest BCUT2D eigenvalue weighted by atomic mass is 10.0. The van der Waals surface area contributed by atoms with Gasteiger partial charge in [0.1, 0.15) is 0 Å². The molecule has 2 unspecified atom stereocenters. The van der Waals surface area contributed by atoms with Crippen molar-refractivity contribution in [2.45, 2.75) is 48.7 Å². The zero-order valence-electron chi connectivity index (χ0n) is 11.4. The van der Waals surface area contributed by atoms with Gasteiger partial charge in [0.2, 0.25) is 10.0 Å². The first-order valence-corrected chi connectivity index (χ1v) is 9.20. The van der Waals surface area contributed by atoms with E-state index in [1.54, 1.807) is 35.6 Å². The van der Waals surface area contributed by atoms with Crippen molar-refractivity contribution in [3.63, 3.8) is 0 Å². The molecule has 1 aromatic rings. The number of hydrogen-bond donors (Lipinski definition) is 1. The Balaban J connectivity index is 1.82. The van der Waals surface area contributed by atoms with Gasteiger partial charge in [-0.2, -0.15) is 4.31 Å². The van der Waals surface area contributed by atoms with Crippen molar-refractivity contribution < 1.29 is 8.42 Å². The monoisotopic (exact) mass is 358 g/mol. The molecule has 2 fully saturated rings. The quantitative estimate of drug-likeness (QED) is 0.902. The molecule has 2 aliphatic heterocycles. The number of benzene rings is 1. The number of halogens is 1. The molecule has 2 saturated heterocycles. The van der Waals surface area contributed by atoms with Crippen molar-refractivity contribution in [3.8, 4) is 0 Å². The maximum Gasteiger partial charge on any atom is 0.243 e. The van der Waals surface area contributed by atoms with Gasteiger partial charge < -0.3 is 5.32 Å². The Hall–Kier alpha value is -0.430. The molecule has 0 aliphatic carbocycles. The van der Waals surface area contributed by atoms with Crippen LogP contribution in [0.25, 0.3) is 0 Å². The predicted molar refractivity (Wildman–Crippen MR) is 82.1 cm³/mol. The predicted octanol–water partition coefficient (Wildman–Crippen LogP) is 2.35. The zero-order valence-corrected chi connectivity index (χ0v) is 13.8. The van der Waals surface area contributed by atoms with Crippen LogP contribution in [0.5, 0.6) is 0 Å². The van der Waals surface area contributed by atoms with Gasteiger partial charge in [-0.05, 0) is 49.9 Å². The van der Waals surface area contributed by atoms with E-state index in [1.807, 2.05) is 0 Å². The number of hydrogen-bond acceptors (Lipinski definition) is 3. The fourth-order valence-corrected chi connectivity index (χ4v) is 4.93. The minimum absolute atomic E-state index is 0.113. The molecule has 0 radical (unpaired) electrons. The van der Waals surface area contributed by atoms with Crippen LogP contribution in [0.1, 0.15) is 25.7 Å². The van der Waals surface area contributed by atoms with Crippen LogP contribution in [-0.4, -0.2) is 37.9 Å². The Morgan fingerprint density at radius 2 is 1.70 bits per heavy atom. The van der Waals surface area contributed by atoms with Crippen LogP contribution in [-0.2, 0) is 10.0 Å². The first kappa shape index (κ1) is 14.5. The molecule has 20 heavy (non-hydrogen) atoms. The van der Waals surface area contributed by atoms with Crippen molar-refractivity contribution in [2.24, 2.45) is 0 Å². The van der Waals surface area contributed by atoms with E-state index in [4.69, 9.17) is 0 Å². The SMILES string of the molecule is CN(C1CC2CCC(C1)N2)S(=O)(=O)c1ccc(Br)cc1. The summed E-state index contributed by atoms with van der Waals surface area (Å²) >= 11 is 3.33. The standard InChI is InChI=1S/C14H19BrN2O2S/c1-17(13-8-11-4-5-12(9-13)16-11)20(18,19)14-6-2-10(15)3-7-14/h2-3,6-7,11-13,16H,4-5,8-9H2,1H3. The number of piperidine rings is 1. The van der Waals surface area contributed by atoms with Gasteiger partial charge in [-0.15, -0.1) is 0 Å². The molecule has 2 aliphatic rings. The highest BCUT2D eigenvalue weighted by Gasteiger charge is 2.38. The summed E-state index contributed by atoms with van der Waals surface area (Å²) in [6.07, 6.45) is 4.19. The van der Waals surface area contributed by atoms with E-state index in [0.717, 1.165) is 17.3 Å². The van der Waals surface area contributed by atoms with Crippen LogP contribution in [0.3, 0.4) is 0 Å². The summed E-state index contributed by atoms with van der Waals surface area (Å²) in [5, 5.41) is 3.55. The van der Waals surface area contributed by atoms with E-state index in [9.17, 15) is 8.42 Å². The summed E-state index contributed by atoms with van der Waals surface area (Å²) in [6.45, 7) is 0. The summed E-state index contributed by atoms with van der Waals surface area (Å²) in [5.41, 5.74) is 0. The van der Waals surface area contributed by atoms with Gasteiger partial charge in [0.15, 0.2) is 0 Å². The highest BCUT2D eigenvalue weighted by Crippen LogP contribution is 2.31. The number of fused-ring (bicyclic) bond motifs is 2. The summed E-state index contributed by atoms with van der Waals surface area (Å²) in [6, 6.07) is 7.95. The van der Waals surface area contributed by atoms with Crippen molar-refractivity contribution in [1.29, 1.82) is 0 Å². The van der Waals surface area contributed by atoms with Crippen molar-refractivity contribution in [2.75, 3.05) is 7.05 Å². The van der Waals surface area contributed by atoms with E-state index in [1.165, 1.54) is 12.8 Å². The van der Waals surface area contributed by atoms with Crippen LogP contribution < -0.4 is 5.32 Å². The summed E-state index contributed by atoms with van der Waals surface area (Å²) < 4.78 is 27.8. The zero-order chi connectivity index (χ0) is 14.3. The molecule has 2 bridgehead atoms. The summed E-state index contributed by atoms with van der Waals surface area (Å²) in [4.78, 5) is 0.370. The van der Waals surface area contributed by atoms with Gasteiger partial charge in [0.25, 0.3) is 0 Å². The second kappa shape index (κ2) is 5.40. The summed E-state index contributed by atoms with van der Waals surface area (Å²) in [7, 11) is -1.67. The lowest BCUT2D eigenvalue weighted by molar-refractivity contribution is 0.251. The normalized spacial score (nSPS) is 29.9. The van der Waals surface area contributed by atoms with Crippen LogP contribution in [0.15, 0.2) is 33.6 Å². The lowest BCUT2D eigenvalue weighted by Gasteiger charge is -2.34. The van der Waals surface area contributed by atoms with Crippen molar-refractivity contribution in [1.82, 2.24) is 9.62 Å². The Kier molecular flexibility index (Phi) is 3.92. The van der Waals surface area contributed by atoms with Gasteiger partial charge in [-0.25, -0.2) is 8.42 Å². The van der Waals surface area contributed by atoms with Crippen LogP contribution in [0.2, 0.25) is 0 Å². The average Bonchev–Trinajstić information content (AvgIpc) is 2.77. The van der Waals surface area contributed by atoms with E-state index in [0.29, 0.717) is 17.0 Å². The maximum absolute atomic E-state index is 12.7. The topological polar surface area (TPSA) is 49.4 Å². The molecule has 4 nitrogen and oxygen atoms in total. The van der Waals surface area contributed by atoms with Gasteiger partial charge >= 0.3 is 0 Å². The molecular weight excluding hydrogens is 340 g/mol. The van der Waals surface area contributed by atoms with Gasteiger partial charge in [-0.1, -0.05) is 15.9 Å². The summed E-state index contributed by atoms with van der Waals surface area (Å²) in [5.74, 6) is 0. The number of nitrogens with one attached hydrogen (secondary N) is 1. The lowest BCUT2D eigenvalue weighted by Crippen LogP contribution is -2.48. The third-order valence-corrected chi connectivity index (χ3v) is 6.91. The fraction of sp³-hybridized carbons (Fsp3) is 0.571. The molecule has 0 aromatic heterocycles. The highest BCUT2D eigenvalue weighted by atomic mass is 79.9. The molecule has 2 atom stereocenters. The molecule has 110 valence electrons.